The lowest BCUT2D eigenvalue weighted by Crippen LogP contribution is -2.55. The molecule has 160 valence electrons. The minimum absolute atomic E-state index is 0.0270. The first kappa shape index (κ1) is 21.1. The lowest BCUT2D eigenvalue weighted by atomic mass is 9.45. The number of ketones is 1. The average Bonchev–Trinajstić information content (AvgIpc) is 3.01. The largest absolute Gasteiger partial charge is 0.414 e. The van der Waals surface area contributed by atoms with E-state index in [0.717, 1.165) is 30.6 Å². The van der Waals surface area contributed by atoms with Gasteiger partial charge in [0.15, 0.2) is 8.32 Å². The van der Waals surface area contributed by atoms with Crippen molar-refractivity contribution in [2.75, 3.05) is 0 Å². The Bertz CT molecular complexity index is 591. The van der Waals surface area contributed by atoms with Crippen LogP contribution in [0.3, 0.4) is 0 Å². The van der Waals surface area contributed by atoms with Crippen LogP contribution in [0.1, 0.15) is 92.4 Å². The molecule has 0 N–H and O–H groups in total. The van der Waals surface area contributed by atoms with Crippen molar-refractivity contribution in [3.05, 3.63) is 0 Å². The fourth-order valence-electron chi connectivity index (χ4n) is 8.45. The first-order valence-electron chi connectivity index (χ1n) is 12.5. The van der Waals surface area contributed by atoms with Crippen molar-refractivity contribution in [3.8, 4) is 0 Å². The van der Waals surface area contributed by atoms with Crippen molar-refractivity contribution in [1.29, 1.82) is 0 Å². The normalized spacial score (nSPS) is 46.0. The molecule has 7 atom stereocenters. The Balaban J connectivity index is 1.48. The third kappa shape index (κ3) is 3.09. The van der Waals surface area contributed by atoms with E-state index in [1.54, 1.807) is 0 Å². The predicted molar refractivity (Wildman–Crippen MR) is 119 cm³/mol. The molecule has 4 saturated carbocycles. The second kappa shape index (κ2) is 7.52. The van der Waals surface area contributed by atoms with E-state index in [9.17, 15) is 4.79 Å². The summed E-state index contributed by atoms with van der Waals surface area (Å²) in [7, 11) is -1.49. The van der Waals surface area contributed by atoms with Gasteiger partial charge in [-0.25, -0.2) is 0 Å². The summed E-state index contributed by atoms with van der Waals surface area (Å²) < 4.78 is 6.95. The monoisotopic (exact) mass is 404 g/mol. The summed E-state index contributed by atoms with van der Waals surface area (Å²) in [6, 6.07) is 3.83. The van der Waals surface area contributed by atoms with Gasteiger partial charge in [-0.05, 0) is 98.6 Å². The fourth-order valence-corrected chi connectivity index (χ4v) is 11.4. The maximum Gasteiger partial charge on any atom is 0.192 e. The molecule has 28 heavy (non-hydrogen) atoms. The van der Waals surface area contributed by atoms with Crippen LogP contribution in [0.4, 0.5) is 0 Å². The molecule has 0 spiro atoms. The molecular weight excluding hydrogens is 360 g/mol. The molecule has 4 aliphatic carbocycles. The molecule has 3 heteroatoms. The Morgan fingerprint density at radius 1 is 0.929 bits per heavy atom. The van der Waals surface area contributed by atoms with Gasteiger partial charge in [0.1, 0.15) is 5.78 Å². The van der Waals surface area contributed by atoms with Crippen LogP contribution >= 0.6 is 0 Å². The molecule has 0 bridgehead atoms. The molecule has 0 unspecified atom stereocenters. The summed E-state index contributed by atoms with van der Waals surface area (Å²) >= 11 is 0. The van der Waals surface area contributed by atoms with Crippen LogP contribution in [-0.2, 0) is 9.22 Å². The Morgan fingerprint density at radius 3 is 2.32 bits per heavy atom. The average molecular weight is 405 g/mol. The topological polar surface area (TPSA) is 26.3 Å². The molecule has 0 aromatic heterocycles. The van der Waals surface area contributed by atoms with E-state index in [1.807, 2.05) is 0 Å². The number of fused-ring (bicyclic) bond motifs is 5. The zero-order chi connectivity index (χ0) is 20.2. The van der Waals surface area contributed by atoms with Crippen LogP contribution in [0.5, 0.6) is 0 Å². The van der Waals surface area contributed by atoms with Crippen LogP contribution in [0, 0.1) is 34.5 Å². The van der Waals surface area contributed by atoms with Crippen LogP contribution in [-0.4, -0.2) is 20.2 Å². The van der Waals surface area contributed by atoms with E-state index in [2.05, 4.69) is 34.6 Å². The number of carbonyl (C=O) groups is 1. The molecule has 4 aliphatic rings. The first-order chi connectivity index (χ1) is 13.3. The van der Waals surface area contributed by atoms with Gasteiger partial charge >= 0.3 is 0 Å². The Morgan fingerprint density at radius 2 is 1.64 bits per heavy atom. The summed E-state index contributed by atoms with van der Waals surface area (Å²) in [5.74, 6) is 3.80. The molecule has 0 amide bonds. The third-order valence-electron chi connectivity index (χ3n) is 10.7. The van der Waals surface area contributed by atoms with Gasteiger partial charge in [0, 0.05) is 17.9 Å². The fraction of sp³-hybridized carbons (Fsp3) is 0.960. The van der Waals surface area contributed by atoms with Gasteiger partial charge < -0.3 is 4.43 Å². The van der Waals surface area contributed by atoms with Crippen molar-refractivity contribution in [2.45, 2.75) is 117 Å². The smallest absolute Gasteiger partial charge is 0.192 e. The summed E-state index contributed by atoms with van der Waals surface area (Å²) in [6.45, 7) is 12.0. The van der Waals surface area contributed by atoms with Crippen LogP contribution in [0.2, 0.25) is 18.1 Å². The molecule has 4 fully saturated rings. The minimum Gasteiger partial charge on any atom is -0.414 e. The first-order valence-corrected chi connectivity index (χ1v) is 15.1. The predicted octanol–water partition coefficient (Wildman–Crippen LogP) is 6.99. The number of hydrogen-bond acceptors (Lipinski definition) is 2. The number of carbonyl (C=O) groups excluding carboxylic acids is 1. The van der Waals surface area contributed by atoms with E-state index in [4.69, 9.17) is 4.43 Å². The SMILES string of the molecule is CC[Si](CC)(CC)O[C@@H]1CC[C@@]2(C)[C@@H](CC[C@@H]3[C@@H]2CC[C@]2(C)C(=O)CC[C@@H]32)C1. The number of Topliss-reactive ketones (excluding diaryl/α,β-unsaturated/α-hetero) is 1. The van der Waals surface area contributed by atoms with Gasteiger partial charge in [-0.2, -0.15) is 0 Å². The Hall–Kier alpha value is -0.153. The highest BCUT2D eigenvalue weighted by atomic mass is 28.4. The second-order valence-electron chi connectivity index (χ2n) is 11.3. The lowest BCUT2D eigenvalue weighted by molar-refractivity contribution is -0.141. The molecular formula is C25H44O2Si. The van der Waals surface area contributed by atoms with Crippen LogP contribution in [0.25, 0.3) is 0 Å². The summed E-state index contributed by atoms with van der Waals surface area (Å²) in [5.41, 5.74) is 0.532. The Kier molecular flexibility index (Phi) is 5.66. The molecule has 0 saturated heterocycles. The maximum absolute atomic E-state index is 12.6. The highest BCUT2D eigenvalue weighted by Crippen LogP contribution is 2.65. The van der Waals surface area contributed by atoms with E-state index < -0.39 is 8.32 Å². The van der Waals surface area contributed by atoms with Crippen molar-refractivity contribution in [1.82, 2.24) is 0 Å². The zero-order valence-electron chi connectivity index (χ0n) is 19.2. The maximum atomic E-state index is 12.6. The van der Waals surface area contributed by atoms with Crippen LogP contribution in [0.15, 0.2) is 0 Å². The number of hydrogen-bond donors (Lipinski definition) is 0. The van der Waals surface area contributed by atoms with Crippen molar-refractivity contribution < 1.29 is 9.22 Å². The molecule has 0 aromatic rings. The molecule has 0 radical (unpaired) electrons. The van der Waals surface area contributed by atoms with E-state index in [1.165, 1.54) is 63.1 Å². The quantitative estimate of drug-likeness (QED) is 0.462. The van der Waals surface area contributed by atoms with Crippen molar-refractivity contribution in [3.63, 3.8) is 0 Å². The molecule has 0 aliphatic heterocycles. The standard InChI is InChI=1S/C25H44O2Si/c1-6-28(7-2,8-3)27-19-13-15-24(4)18(17-19)9-10-20-21-11-12-23(26)25(21,5)16-14-22(20)24/h18-22H,6-17H2,1-5H3/t18-,19+,20-,21-,22-,24-,25-/m0/s1. The van der Waals surface area contributed by atoms with E-state index in [0.29, 0.717) is 23.2 Å². The molecule has 0 heterocycles. The zero-order valence-corrected chi connectivity index (χ0v) is 20.2. The van der Waals surface area contributed by atoms with Crippen molar-refractivity contribution >= 4 is 14.1 Å². The number of rotatable bonds is 5. The highest BCUT2D eigenvalue weighted by molar-refractivity contribution is 6.73. The highest BCUT2D eigenvalue weighted by Gasteiger charge is 2.60. The Labute approximate surface area is 174 Å². The lowest BCUT2D eigenvalue weighted by Gasteiger charge is -2.60. The van der Waals surface area contributed by atoms with Gasteiger partial charge in [-0.1, -0.05) is 34.6 Å². The van der Waals surface area contributed by atoms with E-state index >= 15 is 0 Å². The summed E-state index contributed by atoms with van der Waals surface area (Å²) in [5, 5.41) is 0. The second-order valence-corrected chi connectivity index (χ2v) is 16.1. The minimum atomic E-state index is -1.49. The van der Waals surface area contributed by atoms with Crippen molar-refractivity contribution in [2.24, 2.45) is 34.5 Å². The van der Waals surface area contributed by atoms with Gasteiger partial charge in [-0.15, -0.1) is 0 Å². The summed E-state index contributed by atoms with van der Waals surface area (Å²) in [4.78, 5) is 12.6. The molecule has 4 rings (SSSR count). The van der Waals surface area contributed by atoms with Gasteiger partial charge in [0.2, 0.25) is 0 Å². The van der Waals surface area contributed by atoms with Gasteiger partial charge in [-0.3, -0.25) is 4.79 Å². The van der Waals surface area contributed by atoms with Crippen LogP contribution < -0.4 is 0 Å². The molecule has 2 nitrogen and oxygen atoms in total. The summed E-state index contributed by atoms with van der Waals surface area (Å²) in [6.07, 6.45) is 11.8. The van der Waals surface area contributed by atoms with E-state index in [-0.39, 0.29) is 5.41 Å². The third-order valence-corrected chi connectivity index (χ3v) is 15.4. The van der Waals surface area contributed by atoms with Gasteiger partial charge in [0.05, 0.1) is 0 Å². The molecule has 0 aromatic carbocycles. The van der Waals surface area contributed by atoms with Gasteiger partial charge in [0.25, 0.3) is 0 Å².